The zero-order valence-electron chi connectivity index (χ0n) is 47.5. The summed E-state index contributed by atoms with van der Waals surface area (Å²) < 4.78 is 89.1. The number of allylic oxidation sites excluding steroid dienone is 6. The molecule has 1 aliphatic carbocycles. The van der Waals surface area contributed by atoms with E-state index in [9.17, 15) is 14.3 Å². The van der Waals surface area contributed by atoms with Crippen LogP contribution in [0, 0.1) is 18.2 Å². The van der Waals surface area contributed by atoms with Gasteiger partial charge in [0.1, 0.15) is 53.5 Å². The number of methoxy groups -OCH3 is 1. The normalized spacial score (nSPS) is 21.1. The first-order valence-corrected chi connectivity index (χ1v) is 29.1. The molecule has 0 spiro atoms. The Morgan fingerprint density at radius 1 is 0.928 bits per heavy atom. The van der Waals surface area contributed by atoms with Gasteiger partial charge in [-0.2, -0.15) is 0 Å². The number of hydrogen-bond donors (Lipinski definition) is 1. The van der Waals surface area contributed by atoms with Crippen LogP contribution in [-0.4, -0.2) is 185 Å². The highest BCUT2D eigenvalue weighted by Crippen LogP contribution is 2.48. The molecule has 1 fully saturated rings. The van der Waals surface area contributed by atoms with E-state index >= 15 is 4.39 Å². The van der Waals surface area contributed by atoms with Gasteiger partial charge in [0.25, 0.3) is 0 Å². The van der Waals surface area contributed by atoms with Gasteiger partial charge in [0, 0.05) is 74.9 Å². The van der Waals surface area contributed by atoms with Crippen LogP contribution in [0.3, 0.4) is 0 Å². The molecule has 22 heteroatoms. The highest BCUT2D eigenvalue weighted by atomic mass is 35.5. The van der Waals surface area contributed by atoms with Gasteiger partial charge in [0.05, 0.1) is 88.8 Å². The van der Waals surface area contributed by atoms with E-state index in [-0.39, 0.29) is 62.4 Å². The summed E-state index contributed by atoms with van der Waals surface area (Å²) in [4.78, 5) is 37.7. The Morgan fingerprint density at radius 3 is 2.28 bits per heavy atom. The third-order valence-corrected chi connectivity index (χ3v) is 15.9. The van der Waals surface area contributed by atoms with Crippen molar-refractivity contribution in [3.8, 4) is 40.2 Å². The molecule has 1 N–H and O–H groups in total. The van der Waals surface area contributed by atoms with E-state index in [1.54, 1.807) is 49.7 Å². The second-order valence-corrected chi connectivity index (χ2v) is 21.6. The van der Waals surface area contributed by atoms with Crippen LogP contribution in [0.2, 0.25) is 0 Å². The summed E-state index contributed by atoms with van der Waals surface area (Å²) in [5, 5.41) is 11.6. The largest absolute Gasteiger partial charge is 0.490 e. The van der Waals surface area contributed by atoms with Crippen LogP contribution < -0.4 is 14.2 Å². The maximum Gasteiger partial charge on any atom is 0.345 e. The van der Waals surface area contributed by atoms with Crippen LogP contribution in [0.5, 0.6) is 17.4 Å². The summed E-state index contributed by atoms with van der Waals surface area (Å²) in [6.07, 6.45) is 9.90. The molecule has 446 valence electrons. The molecular weight excluding hydrogens is 1110 g/mol. The van der Waals surface area contributed by atoms with Crippen LogP contribution in [0.15, 0.2) is 83.5 Å². The molecule has 5 aromatic rings. The van der Waals surface area contributed by atoms with Crippen LogP contribution in [-0.2, 0) is 51.0 Å². The number of piperazine rings is 1. The SMILES string of the molecule is C#C/C1=C(Cl)\C(C)=C(/CC)c2c(-c3ccc(F)cc3)sc3ncnc(c23)O[C@@H](C(=O)O)Cc2cc(ccc2OCc2ccnc(C3=CC[C@](F)(COCCOCCOCCOCCOCCOC)CC3)n2)OC[C@@H](CN2CCN(C)CC2)O1. The minimum Gasteiger partial charge on any atom is -0.490 e. The molecule has 5 heterocycles. The predicted molar refractivity (Wildman–Crippen MR) is 312 cm³/mol. The van der Waals surface area contributed by atoms with Crippen molar-refractivity contribution < 1.29 is 66.1 Å². The Morgan fingerprint density at radius 2 is 1.63 bits per heavy atom. The molecular formula is C61H73ClF2N6O12S. The summed E-state index contributed by atoms with van der Waals surface area (Å²) >= 11 is 8.64. The fourth-order valence-electron chi connectivity index (χ4n) is 9.69. The number of aromatic nitrogens is 4. The standard InChI is InChI=1S/C61H73ClF2N6O12S/c1-6-49-41(3)55(62)50(7-2)81-48(36-70-22-20-69(4)21-23-70)38-79-47-12-13-51(44(34-47)35-52(60(71)72)82-58-54-53(49)56(83-59(54)67-40-66-58)42-8-10-45(63)11-9-42)80-37-46-16-19-65-57(68-46)43-14-17-61(64,18-15-43)39-78-33-32-77-31-30-76-29-28-75-27-26-74-25-24-73-5/h2,8-14,16,19,34,40,48,52H,6,15,17-18,20-33,35-39H2,1,3-5H3,(H,71,72)/b49-41+,55-50-/t48-,52-,61-/m1/s1. The van der Waals surface area contributed by atoms with E-state index < -0.39 is 29.7 Å². The number of fused-ring (bicyclic) bond motifs is 2. The molecule has 18 nitrogen and oxygen atoms in total. The van der Waals surface area contributed by atoms with Crippen molar-refractivity contribution in [1.82, 2.24) is 29.7 Å². The molecule has 2 aromatic carbocycles. The number of thiophene rings is 1. The van der Waals surface area contributed by atoms with Crippen LogP contribution in [0.4, 0.5) is 8.78 Å². The van der Waals surface area contributed by atoms with Gasteiger partial charge in [-0.15, -0.1) is 17.8 Å². The van der Waals surface area contributed by atoms with Gasteiger partial charge >= 0.3 is 5.97 Å². The maximum atomic E-state index is 15.9. The first-order chi connectivity index (χ1) is 40.3. The Bertz CT molecular complexity index is 3080. The van der Waals surface area contributed by atoms with E-state index in [1.807, 2.05) is 19.9 Å². The Labute approximate surface area is 492 Å². The quantitative estimate of drug-likeness (QED) is 0.0407. The van der Waals surface area contributed by atoms with E-state index in [1.165, 1.54) is 29.8 Å². The van der Waals surface area contributed by atoms with Crippen LogP contribution in [0.25, 0.3) is 31.8 Å². The fraction of sp³-hybridized carbons (Fsp3) is 0.492. The zero-order chi connectivity index (χ0) is 58.6. The van der Waals surface area contributed by atoms with Crippen LogP contribution >= 0.6 is 22.9 Å². The average Bonchev–Trinajstić information content (AvgIpc) is 2.37. The van der Waals surface area contributed by atoms with Gasteiger partial charge in [0.15, 0.2) is 11.6 Å². The smallest absolute Gasteiger partial charge is 0.345 e. The fourth-order valence-corrected chi connectivity index (χ4v) is 11.1. The number of rotatable bonds is 26. The van der Waals surface area contributed by atoms with Crippen molar-refractivity contribution in [3.63, 3.8) is 0 Å². The lowest BCUT2D eigenvalue weighted by atomic mass is 9.87. The van der Waals surface area contributed by atoms with Gasteiger partial charge in [-0.3, -0.25) is 4.90 Å². The number of alkyl halides is 1. The van der Waals surface area contributed by atoms with Crippen LogP contribution in [0.1, 0.15) is 62.2 Å². The van der Waals surface area contributed by atoms with Crippen molar-refractivity contribution in [2.24, 2.45) is 0 Å². The number of ether oxygens (including phenoxy) is 10. The first-order valence-electron chi connectivity index (χ1n) is 27.9. The summed E-state index contributed by atoms with van der Waals surface area (Å²) in [6.45, 7) is 11.9. The Hall–Kier alpha value is -6.16. The van der Waals surface area contributed by atoms with Crippen molar-refractivity contribution in [2.75, 3.05) is 126 Å². The maximum absolute atomic E-state index is 15.9. The van der Waals surface area contributed by atoms with E-state index in [4.69, 9.17) is 70.4 Å². The molecule has 0 radical (unpaired) electrons. The number of halogens is 3. The van der Waals surface area contributed by atoms with Gasteiger partial charge in [-0.1, -0.05) is 36.7 Å². The predicted octanol–water partition coefficient (Wildman–Crippen LogP) is 9.24. The number of carboxylic acid groups (broad SMARTS) is 1. The Kier molecular flexibility index (Phi) is 24.0. The molecule has 83 heavy (non-hydrogen) atoms. The van der Waals surface area contributed by atoms with E-state index in [0.29, 0.717) is 139 Å². The lowest BCUT2D eigenvalue weighted by molar-refractivity contribution is -0.145. The van der Waals surface area contributed by atoms with Crippen molar-refractivity contribution in [3.05, 3.63) is 112 Å². The molecule has 0 saturated carbocycles. The number of benzene rings is 2. The monoisotopic (exact) mass is 1190 g/mol. The number of likely N-dealkylation sites (N-methyl/N-ethyl adjacent to an activating group) is 1. The van der Waals surface area contributed by atoms with E-state index in [0.717, 1.165) is 37.3 Å². The number of hydrogen-bond acceptors (Lipinski definition) is 18. The van der Waals surface area contributed by atoms with Gasteiger partial charge in [0.2, 0.25) is 12.0 Å². The van der Waals surface area contributed by atoms with Gasteiger partial charge in [-0.05, 0) is 97.8 Å². The average molecular weight is 1190 g/mol. The minimum atomic E-state index is -1.55. The van der Waals surface area contributed by atoms with Gasteiger partial charge in [-0.25, -0.2) is 33.5 Å². The zero-order valence-corrected chi connectivity index (χ0v) is 49.1. The second-order valence-electron chi connectivity index (χ2n) is 20.2. The molecule has 3 atom stereocenters. The first kappa shape index (κ1) is 62.9. The summed E-state index contributed by atoms with van der Waals surface area (Å²) in [5.74, 6) is 2.39. The van der Waals surface area contributed by atoms with Crippen molar-refractivity contribution in [2.45, 2.75) is 70.4 Å². The van der Waals surface area contributed by atoms with E-state index in [2.05, 4.69) is 37.7 Å². The molecule has 3 aromatic heterocycles. The number of nitrogens with zero attached hydrogens (tertiary/aromatic N) is 6. The molecule has 3 aliphatic rings. The number of aliphatic carboxylic acids is 1. The lowest BCUT2D eigenvalue weighted by Crippen LogP contribution is -2.48. The summed E-state index contributed by atoms with van der Waals surface area (Å²) in [7, 11) is 3.71. The highest BCUT2D eigenvalue weighted by molar-refractivity contribution is 7.22. The summed E-state index contributed by atoms with van der Waals surface area (Å²) in [5.41, 5.74) is 2.91. The number of terminal acetylenes is 1. The summed E-state index contributed by atoms with van der Waals surface area (Å²) in [6, 6.07) is 13.0. The minimum absolute atomic E-state index is 0.0154. The van der Waals surface area contributed by atoms with Crippen molar-refractivity contribution >= 4 is 50.3 Å². The molecule has 2 aliphatic heterocycles. The third kappa shape index (κ3) is 17.9. The second kappa shape index (κ2) is 31.7. The van der Waals surface area contributed by atoms with Gasteiger partial charge < -0.3 is 57.4 Å². The number of carboxylic acids is 1. The molecule has 0 amide bonds. The molecule has 8 rings (SSSR count). The third-order valence-electron chi connectivity index (χ3n) is 14.3. The topological polar surface area (TPSA) is 188 Å². The molecule has 2 bridgehead atoms. The molecule has 0 unspecified atom stereocenters. The molecule has 1 saturated heterocycles. The van der Waals surface area contributed by atoms with Crippen molar-refractivity contribution in [1.29, 1.82) is 0 Å². The highest BCUT2D eigenvalue weighted by Gasteiger charge is 2.34. The lowest BCUT2D eigenvalue weighted by Gasteiger charge is -2.34. The Balaban J connectivity index is 0.983. The number of carbonyl (C=O) groups is 1.